The average Bonchev–Trinajstić information content (AvgIpc) is 3.52. The SMILES string of the molecule is N=C/[N+](=C(\N)c1cc2c(cn1)nc(-c1ccccc1F)n2[C@@H]1CCC[C@H](NC(=O)c2ncc(Cl)s2)C1)C(F)F. The van der Waals surface area contributed by atoms with E-state index in [9.17, 15) is 18.0 Å². The van der Waals surface area contributed by atoms with Gasteiger partial charge in [-0.2, -0.15) is 18.8 Å². The minimum absolute atomic E-state index is 0.0221. The smallest absolute Gasteiger partial charge is 0.347 e. The maximum Gasteiger partial charge on any atom is 0.367 e. The normalized spacial score (nSPS) is 18.3. The Morgan fingerprint density at radius 3 is 2.77 bits per heavy atom. The van der Waals surface area contributed by atoms with Crippen LogP contribution in [0.15, 0.2) is 42.7 Å². The summed E-state index contributed by atoms with van der Waals surface area (Å²) in [6.45, 7) is -3.03. The molecule has 1 amide bonds. The maximum atomic E-state index is 15.0. The summed E-state index contributed by atoms with van der Waals surface area (Å²) in [5.41, 5.74) is 7.17. The van der Waals surface area contributed by atoms with Gasteiger partial charge in [0.25, 0.3) is 5.91 Å². The number of halogens is 4. The van der Waals surface area contributed by atoms with Crippen LogP contribution in [0, 0.1) is 11.2 Å². The van der Waals surface area contributed by atoms with E-state index in [1.165, 1.54) is 24.5 Å². The average molecular weight is 576 g/mol. The quantitative estimate of drug-likeness (QED) is 0.126. The van der Waals surface area contributed by atoms with E-state index >= 15 is 0 Å². The van der Waals surface area contributed by atoms with E-state index in [1.54, 1.807) is 18.2 Å². The molecule has 9 nitrogen and oxygen atoms in total. The highest BCUT2D eigenvalue weighted by Crippen LogP contribution is 2.37. The van der Waals surface area contributed by atoms with Gasteiger partial charge in [0.2, 0.25) is 12.2 Å². The van der Waals surface area contributed by atoms with Gasteiger partial charge in [0, 0.05) is 12.1 Å². The van der Waals surface area contributed by atoms with Gasteiger partial charge in [-0.1, -0.05) is 35.1 Å². The van der Waals surface area contributed by atoms with Crippen LogP contribution in [-0.4, -0.2) is 54.8 Å². The van der Waals surface area contributed by atoms with Crippen LogP contribution < -0.4 is 11.1 Å². The number of hydrogen-bond donors (Lipinski definition) is 3. The number of nitrogens with one attached hydrogen (secondary N) is 2. The Kier molecular flexibility index (Phi) is 7.62. The van der Waals surface area contributed by atoms with Crippen LogP contribution in [0.1, 0.15) is 47.2 Å². The number of benzene rings is 1. The van der Waals surface area contributed by atoms with Gasteiger partial charge in [-0.25, -0.2) is 19.3 Å². The second kappa shape index (κ2) is 11.1. The molecule has 39 heavy (non-hydrogen) atoms. The highest BCUT2D eigenvalue weighted by molar-refractivity contribution is 7.17. The summed E-state index contributed by atoms with van der Waals surface area (Å²) in [6.07, 6.45) is 5.97. The second-order valence-corrected chi connectivity index (χ2v) is 10.7. The zero-order valence-electron chi connectivity index (χ0n) is 20.3. The molecule has 1 saturated carbocycles. The zero-order valence-corrected chi connectivity index (χ0v) is 21.9. The molecule has 3 heterocycles. The number of alkyl halides is 2. The standard InChI is InChI=1S/C25H22ClF3N8OS/c26-20-11-33-24(39-20)23(38)34-13-4-3-5-14(8-13)37-19-9-17(21(31)36(12-30)25(28)29)32-10-18(19)35-22(37)15-6-1-2-7-16(15)27/h1-2,6-7,9-14,25,30-31H,3-5,8H2,(H,34,38)/p+1/t13-,14+/m0/s1. The second-order valence-electron chi connectivity index (χ2n) is 9.00. The van der Waals surface area contributed by atoms with Gasteiger partial charge >= 0.3 is 6.55 Å². The molecular weight excluding hydrogens is 553 g/mol. The molecule has 0 saturated heterocycles. The van der Waals surface area contributed by atoms with Crippen molar-refractivity contribution in [2.24, 2.45) is 5.73 Å². The molecule has 1 aliphatic rings. The first kappa shape index (κ1) is 26.8. The van der Waals surface area contributed by atoms with Gasteiger partial charge in [-0.3, -0.25) is 4.79 Å². The van der Waals surface area contributed by atoms with Gasteiger partial charge < -0.3 is 15.6 Å². The fourth-order valence-electron chi connectivity index (χ4n) is 4.84. The monoisotopic (exact) mass is 575 g/mol. The van der Waals surface area contributed by atoms with E-state index in [1.807, 2.05) is 4.57 Å². The largest absolute Gasteiger partial charge is 0.367 e. The van der Waals surface area contributed by atoms with Crippen LogP contribution >= 0.6 is 22.9 Å². The van der Waals surface area contributed by atoms with Gasteiger partial charge in [-0.15, -0.1) is 0 Å². The molecule has 0 spiro atoms. The Morgan fingerprint density at radius 1 is 1.28 bits per heavy atom. The Balaban J connectivity index is 1.58. The number of imidazole rings is 1. The third-order valence-electron chi connectivity index (χ3n) is 6.60. The van der Waals surface area contributed by atoms with Crippen LogP contribution in [0.2, 0.25) is 4.34 Å². The number of hydrogen-bond acceptors (Lipinski definition) is 6. The van der Waals surface area contributed by atoms with E-state index < -0.39 is 18.2 Å². The molecule has 4 N–H and O–H groups in total. The molecule has 1 fully saturated rings. The van der Waals surface area contributed by atoms with Crippen molar-refractivity contribution in [3.05, 3.63) is 63.6 Å². The van der Waals surface area contributed by atoms with Gasteiger partial charge in [-0.05, 0) is 43.9 Å². The van der Waals surface area contributed by atoms with Gasteiger partial charge in [0.05, 0.1) is 23.5 Å². The molecule has 2 atom stereocenters. The number of aromatic nitrogens is 4. The number of nitrogens with zero attached hydrogens (tertiary/aromatic N) is 5. The molecule has 14 heteroatoms. The predicted molar refractivity (Wildman–Crippen MR) is 142 cm³/mol. The third-order valence-corrected chi connectivity index (χ3v) is 7.71. The van der Waals surface area contributed by atoms with Crippen LogP contribution in [0.5, 0.6) is 0 Å². The summed E-state index contributed by atoms with van der Waals surface area (Å²) in [7, 11) is 0. The Hall–Kier alpha value is -3.84. The van der Waals surface area contributed by atoms with E-state index in [2.05, 4.69) is 20.3 Å². The number of amides is 1. The lowest BCUT2D eigenvalue weighted by Gasteiger charge is -2.32. The highest BCUT2D eigenvalue weighted by Gasteiger charge is 2.30. The number of rotatable bonds is 7. The molecular formula is C25H23ClF3N8OS+. The summed E-state index contributed by atoms with van der Waals surface area (Å²) >= 11 is 7.01. The van der Waals surface area contributed by atoms with Crippen LogP contribution in [0.25, 0.3) is 22.4 Å². The van der Waals surface area contributed by atoms with Crippen LogP contribution in [-0.2, 0) is 0 Å². The maximum absolute atomic E-state index is 15.0. The molecule has 3 aromatic heterocycles. The molecule has 202 valence electrons. The first-order valence-corrected chi connectivity index (χ1v) is 13.2. The number of pyridine rings is 1. The summed E-state index contributed by atoms with van der Waals surface area (Å²) in [6, 6.07) is 7.33. The lowest BCUT2D eigenvalue weighted by atomic mass is 9.90. The summed E-state index contributed by atoms with van der Waals surface area (Å²) in [4.78, 5) is 25.6. The lowest BCUT2D eigenvalue weighted by molar-refractivity contribution is -0.522. The molecule has 0 unspecified atom stereocenters. The van der Waals surface area contributed by atoms with Gasteiger partial charge in [0.1, 0.15) is 27.2 Å². The first-order valence-electron chi connectivity index (χ1n) is 12.0. The molecule has 0 aliphatic heterocycles. The first-order chi connectivity index (χ1) is 18.8. The Morgan fingerprint density at radius 2 is 2.08 bits per heavy atom. The molecule has 0 bridgehead atoms. The van der Waals surface area contributed by atoms with Crippen molar-refractivity contribution in [3.63, 3.8) is 0 Å². The molecule has 1 aromatic carbocycles. The number of carbonyl (C=O) groups is 1. The van der Waals surface area contributed by atoms with Crippen molar-refractivity contribution in [3.8, 4) is 11.4 Å². The predicted octanol–water partition coefficient (Wildman–Crippen LogP) is 4.81. The minimum atomic E-state index is -3.03. The number of carbonyl (C=O) groups excluding carboxylic acids is 1. The molecule has 5 rings (SSSR count). The van der Waals surface area contributed by atoms with Crippen molar-refractivity contribution < 1.29 is 22.5 Å². The summed E-state index contributed by atoms with van der Waals surface area (Å²) < 4.78 is 44.3. The number of thiazole rings is 1. The topological polar surface area (TPSA) is 126 Å². The van der Waals surface area contributed by atoms with Crippen LogP contribution in [0.3, 0.4) is 0 Å². The van der Waals surface area contributed by atoms with E-state index in [-0.39, 0.29) is 34.3 Å². The number of fused-ring (bicyclic) bond motifs is 1. The number of amidine groups is 1. The van der Waals surface area contributed by atoms with Crippen molar-refractivity contribution in [2.75, 3.05) is 0 Å². The van der Waals surface area contributed by atoms with E-state index in [0.717, 1.165) is 24.2 Å². The zero-order chi connectivity index (χ0) is 27.7. The van der Waals surface area contributed by atoms with Gasteiger partial charge in [0.15, 0.2) is 5.01 Å². The summed E-state index contributed by atoms with van der Waals surface area (Å²) in [5, 5.41) is 10.6. The summed E-state index contributed by atoms with van der Waals surface area (Å²) in [5.74, 6) is -0.850. The number of nitrogens with two attached hydrogens (primary N) is 1. The lowest BCUT2D eigenvalue weighted by Crippen LogP contribution is -2.39. The minimum Gasteiger partial charge on any atom is -0.347 e. The molecule has 0 radical (unpaired) electrons. The van der Waals surface area contributed by atoms with Crippen molar-refractivity contribution in [1.82, 2.24) is 24.8 Å². The fourth-order valence-corrected chi connectivity index (χ4v) is 5.66. The van der Waals surface area contributed by atoms with E-state index in [4.69, 9.17) is 22.7 Å². The van der Waals surface area contributed by atoms with Crippen molar-refractivity contribution >= 4 is 52.1 Å². The fraction of sp³-hybridized carbons (Fsp3) is 0.280. The Bertz CT molecular complexity index is 1590. The molecule has 1 aliphatic carbocycles. The van der Waals surface area contributed by atoms with Crippen molar-refractivity contribution in [2.45, 2.75) is 44.3 Å². The third kappa shape index (κ3) is 5.36. The van der Waals surface area contributed by atoms with Crippen LogP contribution in [0.4, 0.5) is 13.2 Å². The van der Waals surface area contributed by atoms with Crippen molar-refractivity contribution in [1.29, 1.82) is 5.41 Å². The highest BCUT2D eigenvalue weighted by atomic mass is 35.5. The van der Waals surface area contributed by atoms with E-state index in [0.29, 0.717) is 44.9 Å². The Labute approximate surface area is 229 Å². The molecule has 4 aromatic rings.